The molecule has 0 fully saturated rings. The predicted molar refractivity (Wildman–Crippen MR) is 120 cm³/mol. The average Bonchev–Trinajstić information content (AvgIpc) is 2.75. The minimum absolute atomic E-state index is 0.0994. The molecule has 1 heterocycles. The second kappa shape index (κ2) is 8.57. The highest BCUT2D eigenvalue weighted by Crippen LogP contribution is 2.31. The van der Waals surface area contributed by atoms with E-state index in [0.717, 1.165) is 17.0 Å². The van der Waals surface area contributed by atoms with Crippen LogP contribution >= 0.6 is 11.6 Å². The summed E-state index contributed by atoms with van der Waals surface area (Å²) in [5.41, 5.74) is 0.649. The average molecular weight is 471 g/mol. The summed E-state index contributed by atoms with van der Waals surface area (Å²) in [5.74, 6) is -0.497. The molecule has 4 aromatic rings. The third-order valence-electron chi connectivity index (χ3n) is 4.60. The number of hydrogen-bond acceptors (Lipinski definition) is 5. The van der Waals surface area contributed by atoms with E-state index in [4.69, 9.17) is 16.3 Å². The molecular formula is C23H16ClFN2O4S. The number of aromatic nitrogens is 2. The van der Waals surface area contributed by atoms with E-state index >= 15 is 0 Å². The summed E-state index contributed by atoms with van der Waals surface area (Å²) >= 11 is 6.05. The van der Waals surface area contributed by atoms with Gasteiger partial charge in [-0.3, -0.25) is 4.79 Å². The fourth-order valence-electron chi connectivity index (χ4n) is 3.06. The van der Waals surface area contributed by atoms with Crippen LogP contribution in [-0.2, 0) is 9.84 Å². The van der Waals surface area contributed by atoms with Gasteiger partial charge in [-0.05, 0) is 48.0 Å². The molecule has 0 unspecified atom stereocenters. The Morgan fingerprint density at radius 2 is 1.72 bits per heavy atom. The van der Waals surface area contributed by atoms with Crippen molar-refractivity contribution in [3.8, 4) is 28.3 Å². The molecule has 0 amide bonds. The SMILES string of the molecule is CS(=O)(=O)c1ccc(-c2cnn(-c3cccc(Cl)c3)c(=O)c2Oc2cccc(F)c2)cc1. The quantitative estimate of drug-likeness (QED) is 0.415. The summed E-state index contributed by atoms with van der Waals surface area (Å²) in [6.07, 6.45) is 2.53. The number of benzene rings is 3. The Balaban J connectivity index is 1.89. The van der Waals surface area contributed by atoms with Crippen LogP contribution in [0.4, 0.5) is 4.39 Å². The van der Waals surface area contributed by atoms with Crippen LogP contribution in [0, 0.1) is 5.82 Å². The van der Waals surface area contributed by atoms with Gasteiger partial charge in [0, 0.05) is 17.3 Å². The van der Waals surface area contributed by atoms with Crippen molar-refractivity contribution in [3.05, 3.63) is 100 Å². The van der Waals surface area contributed by atoms with E-state index in [9.17, 15) is 17.6 Å². The van der Waals surface area contributed by atoms with Crippen molar-refractivity contribution in [2.75, 3.05) is 6.26 Å². The van der Waals surface area contributed by atoms with Gasteiger partial charge in [0.05, 0.1) is 22.3 Å². The monoisotopic (exact) mass is 470 g/mol. The first-order valence-electron chi connectivity index (χ1n) is 9.34. The summed E-state index contributed by atoms with van der Waals surface area (Å²) < 4.78 is 44.1. The van der Waals surface area contributed by atoms with Gasteiger partial charge in [0.15, 0.2) is 9.84 Å². The first-order chi connectivity index (χ1) is 15.2. The number of hydrogen-bond donors (Lipinski definition) is 0. The van der Waals surface area contributed by atoms with E-state index in [1.165, 1.54) is 36.5 Å². The maximum atomic E-state index is 13.7. The van der Waals surface area contributed by atoms with Crippen LogP contribution in [0.5, 0.6) is 11.5 Å². The van der Waals surface area contributed by atoms with E-state index < -0.39 is 21.2 Å². The van der Waals surface area contributed by atoms with Gasteiger partial charge in [-0.1, -0.05) is 35.9 Å². The van der Waals surface area contributed by atoms with E-state index in [-0.39, 0.29) is 16.4 Å². The van der Waals surface area contributed by atoms with E-state index in [1.54, 1.807) is 36.4 Å². The lowest BCUT2D eigenvalue weighted by Crippen LogP contribution is -2.22. The lowest BCUT2D eigenvalue weighted by Gasteiger charge is -2.14. The highest BCUT2D eigenvalue weighted by Gasteiger charge is 2.18. The molecule has 0 saturated carbocycles. The van der Waals surface area contributed by atoms with Gasteiger partial charge in [-0.25, -0.2) is 12.8 Å². The van der Waals surface area contributed by atoms with E-state index in [2.05, 4.69) is 5.10 Å². The smallest absolute Gasteiger partial charge is 0.315 e. The number of sulfone groups is 1. The van der Waals surface area contributed by atoms with Crippen LogP contribution in [-0.4, -0.2) is 24.5 Å². The molecule has 1 aromatic heterocycles. The van der Waals surface area contributed by atoms with Crippen LogP contribution in [0.2, 0.25) is 5.02 Å². The Bertz CT molecular complexity index is 1470. The molecule has 0 atom stereocenters. The Kier molecular flexibility index (Phi) is 5.82. The minimum Gasteiger partial charge on any atom is -0.451 e. The molecule has 0 aliphatic rings. The molecule has 0 radical (unpaired) electrons. The first kappa shape index (κ1) is 21.7. The first-order valence-corrected chi connectivity index (χ1v) is 11.6. The lowest BCUT2D eigenvalue weighted by molar-refractivity contribution is 0.465. The van der Waals surface area contributed by atoms with E-state index in [1.807, 2.05) is 0 Å². The standard InChI is InChI=1S/C23H16ClFN2O4S/c1-32(29,30)20-10-8-15(9-11-20)21-14-26-27(18-6-2-4-16(24)12-18)23(28)22(21)31-19-7-3-5-17(25)13-19/h2-14H,1H3. The van der Waals surface area contributed by atoms with Crippen molar-refractivity contribution in [2.45, 2.75) is 4.90 Å². The fraction of sp³-hybridized carbons (Fsp3) is 0.0435. The molecule has 3 aromatic carbocycles. The fourth-order valence-corrected chi connectivity index (χ4v) is 3.88. The van der Waals surface area contributed by atoms with Gasteiger partial charge in [-0.2, -0.15) is 9.78 Å². The summed E-state index contributed by atoms with van der Waals surface area (Å²) in [6, 6.07) is 17.9. The third kappa shape index (κ3) is 4.56. The maximum Gasteiger partial charge on any atom is 0.315 e. The zero-order valence-electron chi connectivity index (χ0n) is 16.7. The van der Waals surface area contributed by atoms with E-state index in [0.29, 0.717) is 21.8 Å². The second-order valence-electron chi connectivity index (χ2n) is 6.94. The highest BCUT2D eigenvalue weighted by molar-refractivity contribution is 7.90. The molecule has 0 aliphatic carbocycles. The lowest BCUT2D eigenvalue weighted by atomic mass is 10.1. The predicted octanol–water partition coefficient (Wildman–Crippen LogP) is 4.89. The van der Waals surface area contributed by atoms with Crippen molar-refractivity contribution in [1.82, 2.24) is 9.78 Å². The molecule has 0 aliphatic heterocycles. The van der Waals surface area contributed by atoms with Gasteiger partial charge >= 0.3 is 5.56 Å². The molecule has 4 rings (SSSR count). The Morgan fingerprint density at radius 1 is 1.00 bits per heavy atom. The molecule has 0 saturated heterocycles. The molecule has 162 valence electrons. The van der Waals surface area contributed by atoms with Gasteiger partial charge in [0.25, 0.3) is 0 Å². The third-order valence-corrected chi connectivity index (χ3v) is 5.96. The normalized spacial score (nSPS) is 11.3. The summed E-state index contributed by atoms with van der Waals surface area (Å²) in [7, 11) is -3.39. The Hall–Kier alpha value is -3.49. The van der Waals surface area contributed by atoms with Crippen molar-refractivity contribution in [2.24, 2.45) is 0 Å². The van der Waals surface area contributed by atoms with Gasteiger partial charge in [0.2, 0.25) is 5.75 Å². The number of nitrogens with zero attached hydrogens (tertiary/aromatic N) is 2. The van der Waals surface area contributed by atoms with Gasteiger partial charge in [-0.15, -0.1) is 0 Å². The van der Waals surface area contributed by atoms with Crippen LogP contribution in [0.3, 0.4) is 0 Å². The highest BCUT2D eigenvalue weighted by atomic mass is 35.5. The largest absolute Gasteiger partial charge is 0.451 e. The summed E-state index contributed by atoms with van der Waals surface area (Å²) in [6.45, 7) is 0. The van der Waals surface area contributed by atoms with Crippen molar-refractivity contribution in [1.29, 1.82) is 0 Å². The van der Waals surface area contributed by atoms with Crippen LogP contribution in [0.15, 0.2) is 88.7 Å². The molecule has 0 N–H and O–H groups in total. The maximum absolute atomic E-state index is 13.7. The summed E-state index contributed by atoms with van der Waals surface area (Å²) in [4.78, 5) is 13.5. The summed E-state index contributed by atoms with van der Waals surface area (Å²) in [5, 5.41) is 4.65. The van der Waals surface area contributed by atoms with Crippen LogP contribution in [0.1, 0.15) is 0 Å². The molecule has 9 heteroatoms. The van der Waals surface area contributed by atoms with Crippen LogP contribution < -0.4 is 10.3 Å². The molecule has 6 nitrogen and oxygen atoms in total. The van der Waals surface area contributed by atoms with Gasteiger partial charge in [0.1, 0.15) is 11.6 Å². The molecule has 0 spiro atoms. The molecule has 32 heavy (non-hydrogen) atoms. The van der Waals surface area contributed by atoms with Gasteiger partial charge < -0.3 is 4.74 Å². The van der Waals surface area contributed by atoms with Crippen molar-refractivity contribution in [3.63, 3.8) is 0 Å². The number of ether oxygens (including phenoxy) is 1. The molecule has 0 bridgehead atoms. The van der Waals surface area contributed by atoms with Crippen molar-refractivity contribution >= 4 is 21.4 Å². The Labute approximate surface area is 188 Å². The van der Waals surface area contributed by atoms with Crippen LogP contribution in [0.25, 0.3) is 16.8 Å². The second-order valence-corrected chi connectivity index (χ2v) is 9.39. The topological polar surface area (TPSA) is 78.3 Å². The number of rotatable bonds is 5. The zero-order chi connectivity index (χ0) is 22.9. The number of halogens is 2. The Morgan fingerprint density at radius 3 is 2.38 bits per heavy atom. The van der Waals surface area contributed by atoms with Crippen molar-refractivity contribution < 1.29 is 17.5 Å². The zero-order valence-corrected chi connectivity index (χ0v) is 18.3. The minimum atomic E-state index is -3.39. The molecular weight excluding hydrogens is 455 g/mol.